The third-order valence-corrected chi connectivity index (χ3v) is 15.3. The lowest BCUT2D eigenvalue weighted by atomic mass is 9.48. The van der Waals surface area contributed by atoms with Gasteiger partial charge in [0.15, 0.2) is 17.5 Å². The Morgan fingerprint density at radius 1 is 0.403 bits per heavy atom. The van der Waals surface area contributed by atoms with Gasteiger partial charge in [0.25, 0.3) is 0 Å². The summed E-state index contributed by atoms with van der Waals surface area (Å²) in [5, 5.41) is 11.9. The standard InChI is InChI=1S/C62H47N5/c63-39-40-8-6-11-49(33-40)50-12-7-13-51(34-50)60-64-59(48-18-16-45(17-19-48)44-9-2-1-3-10-44)65-61(66-60)52-24-29-58-56(35-52)55-14-4-5-15-57(55)67(58)54-27-22-47(23-28-54)46-20-25-53(26-21-46)62-36-41-30-42(37-62)32-43(31-41)38-62/h1-29,33-35,41-43H,30-32,36-38H2/t41-,42+,43-,62?. The molecule has 2 aromatic heterocycles. The highest BCUT2D eigenvalue weighted by Gasteiger charge is 2.51. The van der Waals surface area contributed by atoms with E-state index in [-0.39, 0.29) is 0 Å². The third-order valence-electron chi connectivity index (χ3n) is 15.3. The van der Waals surface area contributed by atoms with E-state index in [0.717, 1.165) is 78.8 Å². The average Bonchev–Trinajstić information content (AvgIpc) is 3.72. The smallest absolute Gasteiger partial charge is 0.164 e. The molecule has 14 rings (SSSR count). The highest BCUT2D eigenvalue weighted by atomic mass is 15.0. The van der Waals surface area contributed by atoms with Crippen molar-refractivity contribution in [2.45, 2.75) is 43.9 Å². The van der Waals surface area contributed by atoms with Gasteiger partial charge in [0.1, 0.15) is 0 Å². The molecule has 0 unspecified atom stereocenters. The van der Waals surface area contributed by atoms with Gasteiger partial charge in [-0.1, -0.05) is 140 Å². The minimum Gasteiger partial charge on any atom is -0.309 e. The van der Waals surface area contributed by atoms with E-state index in [1.54, 1.807) is 5.56 Å². The van der Waals surface area contributed by atoms with Crippen molar-refractivity contribution in [1.82, 2.24) is 19.5 Å². The van der Waals surface area contributed by atoms with Crippen LogP contribution in [0.1, 0.15) is 49.7 Å². The summed E-state index contributed by atoms with van der Waals surface area (Å²) in [6.07, 6.45) is 8.60. The zero-order valence-corrected chi connectivity index (χ0v) is 37.2. The molecule has 4 aliphatic rings. The molecule has 8 aromatic carbocycles. The molecule has 5 nitrogen and oxygen atoms in total. The summed E-state index contributed by atoms with van der Waals surface area (Å²) in [7, 11) is 0. The second-order valence-corrected chi connectivity index (χ2v) is 19.4. The third kappa shape index (κ3) is 7.03. The van der Waals surface area contributed by atoms with Crippen LogP contribution in [0.25, 0.3) is 95.0 Å². The summed E-state index contributed by atoms with van der Waals surface area (Å²) in [6.45, 7) is 0. The van der Waals surface area contributed by atoms with Crippen molar-refractivity contribution >= 4 is 21.8 Å². The van der Waals surface area contributed by atoms with E-state index in [1.165, 1.54) is 55.0 Å². The van der Waals surface area contributed by atoms with Gasteiger partial charge < -0.3 is 4.57 Å². The molecule has 5 heteroatoms. The van der Waals surface area contributed by atoms with Gasteiger partial charge in [-0.3, -0.25) is 0 Å². The van der Waals surface area contributed by atoms with Crippen LogP contribution in [0, 0.1) is 29.1 Å². The van der Waals surface area contributed by atoms with Gasteiger partial charge in [-0.15, -0.1) is 0 Å². The van der Waals surface area contributed by atoms with Crippen LogP contribution in [-0.4, -0.2) is 19.5 Å². The zero-order chi connectivity index (χ0) is 44.5. The minimum atomic E-state index is 0.413. The fourth-order valence-corrected chi connectivity index (χ4v) is 12.5. The molecule has 2 heterocycles. The van der Waals surface area contributed by atoms with Crippen molar-refractivity contribution in [1.29, 1.82) is 5.26 Å². The SMILES string of the molecule is N#Cc1cccc(-c2cccc(-c3nc(-c4ccc(-c5ccccc5)cc4)nc(-c4ccc5c(c4)c4ccccc4n5-c4ccc(-c5ccc(C67C[C@H]8C[C@@H](C6)C[C@@H](C7)C8)cc5)cc4)n3)c2)c1. The number of hydrogen-bond donors (Lipinski definition) is 0. The van der Waals surface area contributed by atoms with Gasteiger partial charge in [-0.05, 0) is 155 Å². The predicted molar refractivity (Wildman–Crippen MR) is 271 cm³/mol. The number of benzene rings is 8. The van der Waals surface area contributed by atoms with Crippen LogP contribution < -0.4 is 0 Å². The molecule has 0 N–H and O–H groups in total. The van der Waals surface area contributed by atoms with Gasteiger partial charge in [0.05, 0.1) is 22.7 Å². The van der Waals surface area contributed by atoms with Gasteiger partial charge in [0.2, 0.25) is 0 Å². The van der Waals surface area contributed by atoms with Crippen molar-refractivity contribution in [2.24, 2.45) is 17.8 Å². The van der Waals surface area contributed by atoms with E-state index in [0.29, 0.717) is 28.5 Å². The Bertz CT molecular complexity index is 3510. The topological polar surface area (TPSA) is 67.4 Å². The molecule has 4 saturated carbocycles. The van der Waals surface area contributed by atoms with Crippen LogP contribution in [0.2, 0.25) is 0 Å². The number of hydrogen-bond acceptors (Lipinski definition) is 4. The average molecular weight is 862 g/mol. The maximum Gasteiger partial charge on any atom is 0.164 e. The Kier molecular flexibility index (Phi) is 9.35. The summed E-state index contributed by atoms with van der Waals surface area (Å²) in [4.78, 5) is 15.5. The first-order valence-electron chi connectivity index (χ1n) is 23.8. The summed E-state index contributed by atoms with van der Waals surface area (Å²) in [5.74, 6) is 4.61. The second kappa shape index (κ2) is 15.9. The number of fused-ring (bicyclic) bond motifs is 3. The largest absolute Gasteiger partial charge is 0.309 e. The molecule has 0 radical (unpaired) electrons. The van der Waals surface area contributed by atoms with Crippen molar-refractivity contribution in [2.75, 3.05) is 0 Å². The first-order chi connectivity index (χ1) is 33.0. The van der Waals surface area contributed by atoms with Crippen LogP contribution in [0.5, 0.6) is 0 Å². The number of rotatable bonds is 8. The quantitative estimate of drug-likeness (QED) is 0.153. The molecule has 0 amide bonds. The Hall–Kier alpha value is -7.94. The van der Waals surface area contributed by atoms with E-state index in [9.17, 15) is 5.26 Å². The number of nitriles is 1. The van der Waals surface area contributed by atoms with Crippen LogP contribution in [0.15, 0.2) is 194 Å². The molecule has 0 atom stereocenters. The predicted octanol–water partition coefficient (Wildman–Crippen LogP) is 15.3. The summed E-state index contributed by atoms with van der Waals surface area (Å²) in [5.41, 5.74) is 15.4. The van der Waals surface area contributed by atoms with Crippen LogP contribution in [-0.2, 0) is 5.41 Å². The molecular weight excluding hydrogens is 815 g/mol. The molecule has 320 valence electrons. The van der Waals surface area contributed by atoms with Gasteiger partial charge in [0, 0.05) is 33.2 Å². The van der Waals surface area contributed by atoms with Gasteiger partial charge in [-0.25, -0.2) is 15.0 Å². The van der Waals surface area contributed by atoms with Gasteiger partial charge in [-0.2, -0.15) is 5.26 Å². The molecule has 0 saturated heterocycles. The van der Waals surface area contributed by atoms with Crippen LogP contribution >= 0.6 is 0 Å². The number of nitrogens with zero attached hydrogens (tertiary/aromatic N) is 5. The van der Waals surface area contributed by atoms with Crippen molar-refractivity contribution in [3.8, 4) is 79.3 Å². The maximum atomic E-state index is 9.62. The van der Waals surface area contributed by atoms with Crippen molar-refractivity contribution in [3.63, 3.8) is 0 Å². The first-order valence-corrected chi connectivity index (χ1v) is 23.8. The molecule has 4 fully saturated rings. The van der Waals surface area contributed by atoms with Crippen LogP contribution in [0.4, 0.5) is 0 Å². The molecule has 0 spiro atoms. The Balaban J connectivity index is 0.869. The molecular formula is C62H47N5. The lowest BCUT2D eigenvalue weighted by Crippen LogP contribution is -2.48. The molecule has 4 bridgehead atoms. The monoisotopic (exact) mass is 861 g/mol. The summed E-state index contributed by atoms with van der Waals surface area (Å²) < 4.78 is 2.37. The van der Waals surface area contributed by atoms with E-state index >= 15 is 0 Å². The fourth-order valence-electron chi connectivity index (χ4n) is 12.5. The second-order valence-electron chi connectivity index (χ2n) is 19.4. The van der Waals surface area contributed by atoms with E-state index in [1.807, 2.05) is 42.5 Å². The molecule has 10 aromatic rings. The highest BCUT2D eigenvalue weighted by Crippen LogP contribution is 2.60. The maximum absolute atomic E-state index is 9.62. The molecule has 0 aliphatic heterocycles. The Labute approximate surface area is 391 Å². The number of para-hydroxylation sites is 1. The molecule has 67 heavy (non-hydrogen) atoms. The van der Waals surface area contributed by atoms with Crippen molar-refractivity contribution < 1.29 is 0 Å². The van der Waals surface area contributed by atoms with Crippen LogP contribution in [0.3, 0.4) is 0 Å². The normalized spacial score (nSPS) is 19.5. The lowest BCUT2D eigenvalue weighted by Gasteiger charge is -2.57. The number of aromatic nitrogens is 4. The summed E-state index contributed by atoms with van der Waals surface area (Å²) >= 11 is 0. The Morgan fingerprint density at radius 2 is 0.881 bits per heavy atom. The fraction of sp³-hybridized carbons (Fsp3) is 0.161. The lowest BCUT2D eigenvalue weighted by molar-refractivity contribution is -0.00518. The first kappa shape index (κ1) is 39.4. The van der Waals surface area contributed by atoms with Gasteiger partial charge >= 0.3 is 0 Å². The zero-order valence-electron chi connectivity index (χ0n) is 37.2. The van der Waals surface area contributed by atoms with E-state index in [4.69, 9.17) is 15.0 Å². The highest BCUT2D eigenvalue weighted by molar-refractivity contribution is 6.10. The van der Waals surface area contributed by atoms with E-state index in [2.05, 4.69) is 162 Å². The Morgan fingerprint density at radius 3 is 1.55 bits per heavy atom. The summed E-state index contributed by atoms with van der Waals surface area (Å²) in [6, 6.07) is 71.0. The molecule has 4 aliphatic carbocycles. The minimum absolute atomic E-state index is 0.413. The van der Waals surface area contributed by atoms with E-state index < -0.39 is 0 Å². The van der Waals surface area contributed by atoms with Crippen molar-refractivity contribution in [3.05, 3.63) is 205 Å².